The first-order chi connectivity index (χ1) is 7.85. The molecule has 0 aliphatic carbocycles. The first-order valence-electron chi connectivity index (χ1n) is 7.34. The summed E-state index contributed by atoms with van der Waals surface area (Å²) in [6, 6.07) is 0.728. The Morgan fingerprint density at radius 3 is 2.47 bits per heavy atom. The zero-order valence-corrected chi connectivity index (χ0v) is 12.7. The molecule has 1 heterocycles. The molecular formula is C15H32N2. The Morgan fingerprint density at radius 1 is 1.29 bits per heavy atom. The third kappa shape index (κ3) is 4.59. The van der Waals surface area contributed by atoms with Crippen molar-refractivity contribution < 1.29 is 0 Å². The first-order valence-corrected chi connectivity index (χ1v) is 7.34. The second-order valence-electron chi connectivity index (χ2n) is 6.87. The Morgan fingerprint density at radius 2 is 1.94 bits per heavy atom. The van der Waals surface area contributed by atoms with Crippen LogP contribution in [0.5, 0.6) is 0 Å². The van der Waals surface area contributed by atoms with Crippen LogP contribution in [0.2, 0.25) is 0 Å². The van der Waals surface area contributed by atoms with E-state index in [9.17, 15) is 0 Å². The van der Waals surface area contributed by atoms with Crippen LogP contribution in [0.4, 0.5) is 0 Å². The van der Waals surface area contributed by atoms with E-state index in [0.29, 0.717) is 0 Å². The number of piperazine rings is 1. The summed E-state index contributed by atoms with van der Waals surface area (Å²) in [5.41, 5.74) is 0.279. The minimum Gasteiger partial charge on any atom is -0.309 e. The van der Waals surface area contributed by atoms with Crippen molar-refractivity contribution in [1.82, 2.24) is 10.2 Å². The van der Waals surface area contributed by atoms with Gasteiger partial charge in [-0.1, -0.05) is 34.1 Å². The van der Waals surface area contributed by atoms with Crippen molar-refractivity contribution in [2.45, 2.75) is 66.0 Å². The average molecular weight is 240 g/mol. The second-order valence-corrected chi connectivity index (χ2v) is 6.87. The van der Waals surface area contributed by atoms with Gasteiger partial charge < -0.3 is 5.32 Å². The molecule has 1 aliphatic heterocycles. The molecule has 2 nitrogen and oxygen atoms in total. The van der Waals surface area contributed by atoms with Gasteiger partial charge in [-0.25, -0.2) is 0 Å². The molecule has 0 aromatic heterocycles. The third-order valence-corrected chi connectivity index (χ3v) is 4.15. The Labute approximate surface area is 108 Å². The van der Waals surface area contributed by atoms with Gasteiger partial charge in [-0.05, 0) is 38.6 Å². The molecule has 0 bridgehead atoms. The fraction of sp³-hybridized carbons (Fsp3) is 1.00. The van der Waals surface area contributed by atoms with Crippen LogP contribution in [-0.4, -0.2) is 36.1 Å². The van der Waals surface area contributed by atoms with Crippen molar-refractivity contribution in [3.63, 3.8) is 0 Å². The largest absolute Gasteiger partial charge is 0.309 e. The molecule has 1 rings (SSSR count). The van der Waals surface area contributed by atoms with Crippen molar-refractivity contribution in [2.24, 2.45) is 11.8 Å². The average Bonchev–Trinajstić information content (AvgIpc) is 2.24. The summed E-state index contributed by atoms with van der Waals surface area (Å²) in [6.07, 6.45) is 2.61. The molecule has 1 saturated heterocycles. The molecular weight excluding hydrogens is 208 g/mol. The fourth-order valence-electron chi connectivity index (χ4n) is 2.69. The number of nitrogens with zero attached hydrogens (tertiary/aromatic N) is 1. The van der Waals surface area contributed by atoms with Crippen LogP contribution in [0.25, 0.3) is 0 Å². The summed E-state index contributed by atoms with van der Waals surface area (Å²) >= 11 is 0. The van der Waals surface area contributed by atoms with Gasteiger partial charge in [-0.3, -0.25) is 4.90 Å². The van der Waals surface area contributed by atoms with Gasteiger partial charge >= 0.3 is 0 Å². The minimum absolute atomic E-state index is 0.279. The van der Waals surface area contributed by atoms with Gasteiger partial charge in [0, 0.05) is 24.7 Å². The molecule has 0 amide bonds. The number of hydrogen-bond donors (Lipinski definition) is 1. The monoisotopic (exact) mass is 240 g/mol. The SMILES string of the molecule is CCC(C)C1CNC(C)(C)CN1CCC(C)C. The van der Waals surface area contributed by atoms with Crippen LogP contribution in [0.3, 0.4) is 0 Å². The van der Waals surface area contributed by atoms with E-state index in [1.54, 1.807) is 0 Å². The van der Waals surface area contributed by atoms with Crippen molar-refractivity contribution >= 4 is 0 Å². The molecule has 102 valence electrons. The van der Waals surface area contributed by atoms with E-state index in [0.717, 1.165) is 24.4 Å². The van der Waals surface area contributed by atoms with Gasteiger partial charge in [-0.2, -0.15) is 0 Å². The van der Waals surface area contributed by atoms with Gasteiger partial charge in [-0.15, -0.1) is 0 Å². The molecule has 2 atom stereocenters. The molecule has 1 fully saturated rings. The molecule has 1 N–H and O–H groups in total. The first kappa shape index (κ1) is 15.0. The smallest absolute Gasteiger partial charge is 0.0252 e. The third-order valence-electron chi connectivity index (χ3n) is 4.15. The van der Waals surface area contributed by atoms with Crippen LogP contribution < -0.4 is 5.32 Å². The molecule has 0 radical (unpaired) electrons. The Balaban J connectivity index is 2.61. The molecule has 17 heavy (non-hydrogen) atoms. The van der Waals surface area contributed by atoms with Crippen LogP contribution in [0.1, 0.15) is 54.4 Å². The maximum Gasteiger partial charge on any atom is 0.0252 e. The van der Waals surface area contributed by atoms with Crippen LogP contribution in [-0.2, 0) is 0 Å². The Bertz CT molecular complexity index is 223. The lowest BCUT2D eigenvalue weighted by Crippen LogP contribution is -2.63. The molecule has 0 aromatic carbocycles. The van der Waals surface area contributed by atoms with E-state index < -0.39 is 0 Å². The number of rotatable bonds is 5. The molecule has 2 heteroatoms. The normalized spacial score (nSPS) is 27.4. The van der Waals surface area contributed by atoms with E-state index in [4.69, 9.17) is 0 Å². The quantitative estimate of drug-likeness (QED) is 0.794. The van der Waals surface area contributed by atoms with Crippen molar-refractivity contribution in [1.29, 1.82) is 0 Å². The van der Waals surface area contributed by atoms with E-state index in [1.807, 2.05) is 0 Å². The van der Waals surface area contributed by atoms with Gasteiger partial charge in [0.1, 0.15) is 0 Å². The highest BCUT2D eigenvalue weighted by molar-refractivity contribution is 4.93. The number of hydrogen-bond acceptors (Lipinski definition) is 2. The maximum absolute atomic E-state index is 3.70. The summed E-state index contributed by atoms with van der Waals surface area (Å²) in [5.74, 6) is 1.61. The lowest BCUT2D eigenvalue weighted by Gasteiger charge is -2.47. The van der Waals surface area contributed by atoms with E-state index in [-0.39, 0.29) is 5.54 Å². The van der Waals surface area contributed by atoms with Gasteiger partial charge in [0.15, 0.2) is 0 Å². The summed E-state index contributed by atoms with van der Waals surface area (Å²) in [6.45, 7) is 17.6. The summed E-state index contributed by atoms with van der Waals surface area (Å²) in [7, 11) is 0. The van der Waals surface area contributed by atoms with Crippen molar-refractivity contribution in [3.8, 4) is 0 Å². The Kier molecular flexibility index (Phi) is 5.46. The van der Waals surface area contributed by atoms with Gasteiger partial charge in [0.25, 0.3) is 0 Å². The van der Waals surface area contributed by atoms with Crippen molar-refractivity contribution in [2.75, 3.05) is 19.6 Å². The highest BCUT2D eigenvalue weighted by atomic mass is 15.2. The fourth-order valence-corrected chi connectivity index (χ4v) is 2.69. The van der Waals surface area contributed by atoms with E-state index >= 15 is 0 Å². The zero-order chi connectivity index (χ0) is 13.1. The van der Waals surface area contributed by atoms with Gasteiger partial charge in [0.05, 0.1) is 0 Å². The molecule has 2 unspecified atom stereocenters. The summed E-state index contributed by atoms with van der Waals surface area (Å²) in [5, 5.41) is 3.70. The van der Waals surface area contributed by atoms with Crippen LogP contribution in [0.15, 0.2) is 0 Å². The molecule has 0 aromatic rings. The lowest BCUT2D eigenvalue weighted by molar-refractivity contribution is 0.0599. The highest BCUT2D eigenvalue weighted by Gasteiger charge is 2.34. The maximum atomic E-state index is 3.70. The summed E-state index contributed by atoms with van der Waals surface area (Å²) < 4.78 is 0. The zero-order valence-electron chi connectivity index (χ0n) is 12.7. The minimum atomic E-state index is 0.279. The topological polar surface area (TPSA) is 15.3 Å². The number of nitrogens with one attached hydrogen (secondary N) is 1. The van der Waals surface area contributed by atoms with E-state index in [1.165, 1.54) is 25.9 Å². The van der Waals surface area contributed by atoms with Crippen molar-refractivity contribution in [3.05, 3.63) is 0 Å². The standard InChI is InChI=1S/C15H32N2/c1-7-13(4)14-10-16-15(5,6)11-17(14)9-8-12(2)3/h12-14,16H,7-11H2,1-6H3. The second kappa shape index (κ2) is 6.19. The molecule has 0 saturated carbocycles. The molecule has 0 spiro atoms. The summed E-state index contributed by atoms with van der Waals surface area (Å²) in [4.78, 5) is 2.73. The van der Waals surface area contributed by atoms with Gasteiger partial charge in [0.2, 0.25) is 0 Å². The molecule has 1 aliphatic rings. The highest BCUT2D eigenvalue weighted by Crippen LogP contribution is 2.23. The van der Waals surface area contributed by atoms with Crippen LogP contribution in [0, 0.1) is 11.8 Å². The lowest BCUT2D eigenvalue weighted by atomic mass is 9.90. The predicted molar refractivity (Wildman–Crippen MR) is 76.4 cm³/mol. The van der Waals surface area contributed by atoms with Crippen LogP contribution >= 0.6 is 0 Å². The van der Waals surface area contributed by atoms with E-state index in [2.05, 4.69) is 51.8 Å². The predicted octanol–water partition coefficient (Wildman–Crippen LogP) is 3.13. The Hall–Kier alpha value is -0.0800.